The fraction of sp³-hybridized carbons (Fsp3) is 0.938. The lowest BCUT2D eigenvalue weighted by atomic mass is 10.0. The van der Waals surface area contributed by atoms with Gasteiger partial charge in [0.2, 0.25) is 0 Å². The van der Waals surface area contributed by atoms with Crippen molar-refractivity contribution >= 4 is 5.97 Å². The number of methoxy groups -OCH3 is 1. The van der Waals surface area contributed by atoms with Crippen molar-refractivity contribution in [3.8, 4) is 0 Å². The summed E-state index contributed by atoms with van der Waals surface area (Å²) in [6.07, 6.45) is 3.23. The Labute approximate surface area is 129 Å². The quantitative estimate of drug-likeness (QED) is 0.744. The molecule has 1 unspecified atom stereocenters. The molecule has 1 aliphatic carbocycles. The van der Waals surface area contributed by atoms with E-state index in [0.29, 0.717) is 6.04 Å². The molecule has 0 spiro atoms. The van der Waals surface area contributed by atoms with E-state index in [-0.39, 0.29) is 17.6 Å². The van der Waals surface area contributed by atoms with Crippen LogP contribution in [0.2, 0.25) is 0 Å². The molecule has 1 heterocycles. The number of carbonyl (C=O) groups is 1. The van der Waals surface area contributed by atoms with E-state index in [9.17, 15) is 4.79 Å². The zero-order valence-corrected chi connectivity index (χ0v) is 14.0. The van der Waals surface area contributed by atoms with Gasteiger partial charge in [-0.3, -0.25) is 9.69 Å². The molecule has 2 rings (SSSR count). The van der Waals surface area contributed by atoms with Crippen LogP contribution in [-0.2, 0) is 9.53 Å². The highest BCUT2D eigenvalue weighted by Gasteiger charge is 2.30. The molecule has 0 aromatic rings. The summed E-state index contributed by atoms with van der Waals surface area (Å²) >= 11 is 0. The Morgan fingerprint density at radius 3 is 2.33 bits per heavy atom. The largest absolute Gasteiger partial charge is 0.468 e. The summed E-state index contributed by atoms with van der Waals surface area (Å²) in [5.41, 5.74) is 0.258. The number of nitrogens with zero attached hydrogens (tertiary/aromatic N) is 2. The van der Waals surface area contributed by atoms with E-state index in [1.807, 2.05) is 0 Å². The number of hydrogen-bond acceptors (Lipinski definition) is 5. The summed E-state index contributed by atoms with van der Waals surface area (Å²) in [5, 5.41) is 3.40. The van der Waals surface area contributed by atoms with Crippen molar-refractivity contribution in [3.05, 3.63) is 0 Å². The zero-order chi connectivity index (χ0) is 15.5. The molecule has 0 amide bonds. The smallest absolute Gasteiger partial charge is 0.322 e. The lowest BCUT2D eigenvalue weighted by Gasteiger charge is -2.42. The van der Waals surface area contributed by atoms with Crippen molar-refractivity contribution in [2.45, 2.75) is 57.7 Å². The molecule has 1 saturated heterocycles. The van der Waals surface area contributed by atoms with Crippen LogP contribution in [0.4, 0.5) is 0 Å². The number of carbonyl (C=O) groups excluding carboxylic acids is 1. The Kier molecular flexibility index (Phi) is 5.63. The highest BCUT2D eigenvalue weighted by molar-refractivity contribution is 5.75. The van der Waals surface area contributed by atoms with Gasteiger partial charge in [0.1, 0.15) is 6.04 Å². The molecule has 0 aromatic heterocycles. The average molecular weight is 297 g/mol. The molecular weight excluding hydrogens is 266 g/mol. The zero-order valence-electron chi connectivity index (χ0n) is 14.0. The Balaban J connectivity index is 1.73. The van der Waals surface area contributed by atoms with Crippen LogP contribution in [0.15, 0.2) is 0 Å². The standard InChI is InChI=1S/C16H31N3O2/c1-16(2,3)19-11-9-18(10-12-19)8-7-14(15(20)21-4)17-13-5-6-13/h13-14,17H,5-12H2,1-4H3. The normalized spacial score (nSPS) is 23.0. The maximum atomic E-state index is 11.8. The van der Waals surface area contributed by atoms with Gasteiger partial charge in [0.15, 0.2) is 0 Å². The summed E-state index contributed by atoms with van der Waals surface area (Å²) in [6, 6.07) is 0.398. The Morgan fingerprint density at radius 1 is 1.24 bits per heavy atom. The molecule has 1 N–H and O–H groups in total. The van der Waals surface area contributed by atoms with E-state index >= 15 is 0 Å². The van der Waals surface area contributed by atoms with Crippen LogP contribution < -0.4 is 5.32 Å². The molecule has 1 atom stereocenters. The molecular formula is C16H31N3O2. The van der Waals surface area contributed by atoms with Crippen molar-refractivity contribution in [3.63, 3.8) is 0 Å². The van der Waals surface area contributed by atoms with E-state index in [1.165, 1.54) is 20.0 Å². The molecule has 2 aliphatic rings. The van der Waals surface area contributed by atoms with Crippen LogP contribution in [0.1, 0.15) is 40.0 Å². The third kappa shape index (κ3) is 5.24. The summed E-state index contributed by atoms with van der Waals surface area (Å²) < 4.78 is 4.91. The van der Waals surface area contributed by atoms with Crippen LogP contribution in [0, 0.1) is 0 Å². The second-order valence-corrected chi connectivity index (χ2v) is 7.30. The molecule has 0 radical (unpaired) electrons. The van der Waals surface area contributed by atoms with Gasteiger partial charge in [0, 0.05) is 44.3 Å². The first-order valence-corrected chi connectivity index (χ1v) is 8.21. The third-order valence-corrected chi connectivity index (χ3v) is 4.55. The van der Waals surface area contributed by atoms with Crippen molar-refractivity contribution in [1.29, 1.82) is 0 Å². The van der Waals surface area contributed by atoms with E-state index in [4.69, 9.17) is 4.74 Å². The van der Waals surface area contributed by atoms with Crippen LogP contribution >= 0.6 is 0 Å². The van der Waals surface area contributed by atoms with E-state index < -0.39 is 0 Å². The number of rotatable bonds is 6. The lowest BCUT2D eigenvalue weighted by molar-refractivity contribution is -0.143. The van der Waals surface area contributed by atoms with Gasteiger partial charge in [-0.15, -0.1) is 0 Å². The average Bonchev–Trinajstić information content (AvgIpc) is 3.26. The molecule has 2 fully saturated rings. The van der Waals surface area contributed by atoms with Gasteiger partial charge >= 0.3 is 5.97 Å². The Morgan fingerprint density at radius 2 is 1.86 bits per heavy atom. The van der Waals surface area contributed by atoms with Crippen molar-refractivity contribution < 1.29 is 9.53 Å². The molecule has 1 saturated carbocycles. The molecule has 0 bridgehead atoms. The highest BCUT2D eigenvalue weighted by atomic mass is 16.5. The maximum absolute atomic E-state index is 11.8. The number of hydrogen-bond donors (Lipinski definition) is 1. The molecule has 0 aromatic carbocycles. The van der Waals surface area contributed by atoms with Gasteiger partial charge < -0.3 is 15.0 Å². The molecule has 5 heteroatoms. The summed E-state index contributed by atoms with van der Waals surface area (Å²) in [7, 11) is 1.48. The van der Waals surface area contributed by atoms with Gasteiger partial charge in [-0.25, -0.2) is 0 Å². The Bertz CT molecular complexity index is 342. The molecule has 1 aliphatic heterocycles. The summed E-state index contributed by atoms with van der Waals surface area (Å²) in [6.45, 7) is 12.2. The number of nitrogens with one attached hydrogen (secondary N) is 1. The SMILES string of the molecule is COC(=O)C(CCN1CCN(C(C)(C)C)CC1)NC1CC1. The first-order valence-electron chi connectivity index (χ1n) is 8.21. The predicted octanol–water partition coefficient (Wildman–Crippen LogP) is 1.09. The number of ether oxygens (including phenoxy) is 1. The van der Waals surface area contributed by atoms with Gasteiger partial charge in [-0.1, -0.05) is 0 Å². The van der Waals surface area contributed by atoms with Crippen LogP contribution in [0.25, 0.3) is 0 Å². The minimum absolute atomic E-state index is 0.116. The first-order chi connectivity index (χ1) is 9.90. The number of esters is 1. The number of piperazine rings is 1. The molecule has 5 nitrogen and oxygen atoms in total. The summed E-state index contributed by atoms with van der Waals surface area (Å²) in [4.78, 5) is 16.8. The fourth-order valence-corrected chi connectivity index (χ4v) is 2.90. The van der Waals surface area contributed by atoms with Crippen molar-refractivity contribution in [2.75, 3.05) is 39.8 Å². The highest BCUT2D eigenvalue weighted by Crippen LogP contribution is 2.21. The van der Waals surface area contributed by atoms with E-state index in [1.54, 1.807) is 0 Å². The van der Waals surface area contributed by atoms with Crippen LogP contribution in [0.5, 0.6) is 0 Å². The topological polar surface area (TPSA) is 44.8 Å². The van der Waals surface area contributed by atoms with Gasteiger partial charge in [0.25, 0.3) is 0 Å². The van der Waals surface area contributed by atoms with Gasteiger partial charge in [0.05, 0.1) is 7.11 Å². The Hall–Kier alpha value is -0.650. The minimum Gasteiger partial charge on any atom is -0.468 e. The van der Waals surface area contributed by atoms with Crippen LogP contribution in [-0.4, -0.2) is 73.2 Å². The summed E-state index contributed by atoms with van der Waals surface area (Å²) in [5.74, 6) is -0.116. The van der Waals surface area contributed by atoms with Crippen molar-refractivity contribution in [2.24, 2.45) is 0 Å². The van der Waals surface area contributed by atoms with Gasteiger partial charge in [-0.2, -0.15) is 0 Å². The minimum atomic E-state index is -0.136. The van der Waals surface area contributed by atoms with E-state index in [2.05, 4.69) is 35.9 Å². The maximum Gasteiger partial charge on any atom is 0.322 e. The fourth-order valence-electron chi connectivity index (χ4n) is 2.90. The van der Waals surface area contributed by atoms with Crippen molar-refractivity contribution in [1.82, 2.24) is 15.1 Å². The van der Waals surface area contributed by atoms with E-state index in [0.717, 1.165) is 39.1 Å². The second kappa shape index (κ2) is 7.07. The predicted molar refractivity (Wildman–Crippen MR) is 84.3 cm³/mol. The second-order valence-electron chi connectivity index (χ2n) is 7.30. The molecule has 21 heavy (non-hydrogen) atoms. The third-order valence-electron chi connectivity index (χ3n) is 4.55. The first kappa shape index (κ1) is 16.7. The lowest BCUT2D eigenvalue weighted by Crippen LogP contribution is -2.54. The van der Waals surface area contributed by atoms with Crippen LogP contribution in [0.3, 0.4) is 0 Å². The molecule has 122 valence electrons. The monoisotopic (exact) mass is 297 g/mol. The van der Waals surface area contributed by atoms with Gasteiger partial charge in [-0.05, 0) is 40.0 Å².